The van der Waals surface area contributed by atoms with Gasteiger partial charge in [-0.05, 0) is 12.8 Å². The molecule has 0 fully saturated rings. The van der Waals surface area contributed by atoms with Crippen LogP contribution in [0.15, 0.2) is 0 Å². The molecule has 0 unspecified atom stereocenters. The Hall–Kier alpha value is -1.44. The lowest BCUT2D eigenvalue weighted by molar-refractivity contribution is 0.0689. The molecule has 0 aliphatic carbocycles. The van der Waals surface area contributed by atoms with Crippen LogP contribution < -0.4 is 0 Å². The van der Waals surface area contributed by atoms with E-state index in [4.69, 9.17) is 5.11 Å². The average molecular weight is 275 g/mol. The Kier molecular flexibility index (Phi) is 4.83. The number of carboxylic acids is 1. The van der Waals surface area contributed by atoms with E-state index in [1.54, 1.807) is 6.92 Å². The molecule has 18 heavy (non-hydrogen) atoms. The molecule has 8 heteroatoms. The summed E-state index contributed by atoms with van der Waals surface area (Å²) >= 11 is 0. The van der Waals surface area contributed by atoms with Crippen molar-refractivity contribution in [2.45, 2.75) is 33.2 Å². The van der Waals surface area contributed by atoms with Gasteiger partial charge in [-0.25, -0.2) is 17.9 Å². The molecule has 0 aromatic carbocycles. The predicted molar refractivity (Wildman–Crippen MR) is 65.3 cm³/mol. The van der Waals surface area contributed by atoms with E-state index in [0.29, 0.717) is 25.1 Å². The minimum absolute atomic E-state index is 0.0594. The van der Waals surface area contributed by atoms with Crippen LogP contribution in [0.25, 0.3) is 0 Å². The zero-order valence-electron chi connectivity index (χ0n) is 10.5. The summed E-state index contributed by atoms with van der Waals surface area (Å²) in [6.07, 6.45) is 0.904. The van der Waals surface area contributed by atoms with E-state index in [9.17, 15) is 13.2 Å². The van der Waals surface area contributed by atoms with E-state index in [1.165, 1.54) is 4.68 Å². The smallest absolute Gasteiger partial charge is 0.358 e. The van der Waals surface area contributed by atoms with Crippen molar-refractivity contribution < 1.29 is 18.3 Å². The molecular formula is C10H17N3O4S. The summed E-state index contributed by atoms with van der Waals surface area (Å²) in [5, 5.41) is 16.2. The zero-order chi connectivity index (χ0) is 13.8. The van der Waals surface area contributed by atoms with Crippen molar-refractivity contribution in [2.24, 2.45) is 0 Å². The number of hydrogen-bond acceptors (Lipinski definition) is 5. The van der Waals surface area contributed by atoms with Crippen molar-refractivity contribution in [3.05, 3.63) is 11.4 Å². The van der Waals surface area contributed by atoms with Crippen LogP contribution >= 0.6 is 0 Å². The molecular weight excluding hydrogens is 258 g/mol. The number of rotatable bonds is 7. The number of aromatic nitrogens is 3. The van der Waals surface area contributed by atoms with Gasteiger partial charge < -0.3 is 5.11 Å². The third-order valence-corrected chi connectivity index (χ3v) is 4.43. The Morgan fingerprint density at radius 1 is 1.39 bits per heavy atom. The van der Waals surface area contributed by atoms with Crippen LogP contribution in [0.5, 0.6) is 0 Å². The first kappa shape index (κ1) is 14.6. The molecule has 0 bridgehead atoms. The van der Waals surface area contributed by atoms with E-state index < -0.39 is 15.8 Å². The average Bonchev–Trinajstić information content (AvgIpc) is 2.72. The second kappa shape index (κ2) is 5.94. The summed E-state index contributed by atoms with van der Waals surface area (Å²) in [5.74, 6) is -0.917. The first-order valence-corrected chi connectivity index (χ1v) is 7.59. The summed E-state index contributed by atoms with van der Waals surface area (Å²) in [6, 6.07) is 0. The molecule has 0 saturated carbocycles. The largest absolute Gasteiger partial charge is 0.476 e. The van der Waals surface area contributed by atoms with Gasteiger partial charge in [0.05, 0.1) is 11.4 Å². The number of aryl methyl sites for hydroxylation is 1. The fourth-order valence-electron chi connectivity index (χ4n) is 1.61. The minimum atomic E-state index is -3.00. The number of aromatic carboxylic acids is 1. The SMILES string of the molecule is CCc1c(C(=O)O)nnn1CCCS(=O)(=O)CC. The molecule has 0 aliphatic rings. The van der Waals surface area contributed by atoms with E-state index in [-0.39, 0.29) is 17.2 Å². The Bertz CT molecular complexity index is 521. The van der Waals surface area contributed by atoms with Crippen LogP contribution in [0.1, 0.15) is 36.5 Å². The van der Waals surface area contributed by atoms with Gasteiger partial charge in [-0.3, -0.25) is 0 Å². The maximum absolute atomic E-state index is 11.3. The van der Waals surface area contributed by atoms with Crippen molar-refractivity contribution in [3.63, 3.8) is 0 Å². The molecule has 0 amide bonds. The molecule has 102 valence electrons. The minimum Gasteiger partial charge on any atom is -0.476 e. The third kappa shape index (κ3) is 3.52. The maximum atomic E-state index is 11.3. The van der Waals surface area contributed by atoms with Gasteiger partial charge in [0.2, 0.25) is 0 Å². The highest BCUT2D eigenvalue weighted by molar-refractivity contribution is 7.91. The predicted octanol–water partition coefficient (Wildman–Crippen LogP) is 0.364. The first-order chi connectivity index (χ1) is 8.41. The Morgan fingerprint density at radius 2 is 2.06 bits per heavy atom. The first-order valence-electron chi connectivity index (χ1n) is 5.77. The van der Waals surface area contributed by atoms with Gasteiger partial charge in [0.15, 0.2) is 5.69 Å². The number of carbonyl (C=O) groups is 1. The van der Waals surface area contributed by atoms with Crippen molar-refractivity contribution in [3.8, 4) is 0 Å². The fraction of sp³-hybridized carbons (Fsp3) is 0.700. The van der Waals surface area contributed by atoms with Gasteiger partial charge >= 0.3 is 5.97 Å². The second-order valence-electron chi connectivity index (χ2n) is 3.86. The molecule has 0 spiro atoms. The van der Waals surface area contributed by atoms with Crippen LogP contribution in [0, 0.1) is 0 Å². The quantitative estimate of drug-likeness (QED) is 0.771. The highest BCUT2D eigenvalue weighted by Crippen LogP contribution is 2.07. The van der Waals surface area contributed by atoms with Crippen molar-refractivity contribution >= 4 is 15.8 Å². The lowest BCUT2D eigenvalue weighted by atomic mass is 10.2. The Labute approximate surface area is 106 Å². The summed E-state index contributed by atoms with van der Waals surface area (Å²) < 4.78 is 24.1. The molecule has 0 atom stereocenters. The molecule has 1 heterocycles. The standard InChI is InChI=1S/C10H17N3O4S/c1-3-8-9(10(14)15)11-12-13(8)6-5-7-18(16,17)4-2/h3-7H2,1-2H3,(H,14,15). The fourth-order valence-corrected chi connectivity index (χ4v) is 2.46. The molecule has 0 saturated heterocycles. The van der Waals surface area contributed by atoms with E-state index in [1.807, 2.05) is 6.92 Å². The highest BCUT2D eigenvalue weighted by atomic mass is 32.2. The molecule has 1 aromatic heterocycles. The van der Waals surface area contributed by atoms with E-state index in [2.05, 4.69) is 10.3 Å². The molecule has 1 rings (SSSR count). The molecule has 0 aliphatic heterocycles. The van der Waals surface area contributed by atoms with Gasteiger partial charge in [-0.15, -0.1) is 5.10 Å². The second-order valence-corrected chi connectivity index (χ2v) is 6.33. The summed E-state index contributed by atoms with van der Waals surface area (Å²) in [4.78, 5) is 10.9. The number of carboxylic acid groups (broad SMARTS) is 1. The maximum Gasteiger partial charge on any atom is 0.358 e. The van der Waals surface area contributed by atoms with Gasteiger partial charge in [-0.2, -0.15) is 0 Å². The third-order valence-electron chi connectivity index (χ3n) is 2.64. The Morgan fingerprint density at radius 3 is 2.56 bits per heavy atom. The highest BCUT2D eigenvalue weighted by Gasteiger charge is 2.17. The topological polar surface area (TPSA) is 102 Å². The van der Waals surface area contributed by atoms with Gasteiger partial charge in [-0.1, -0.05) is 19.1 Å². The monoisotopic (exact) mass is 275 g/mol. The van der Waals surface area contributed by atoms with Crippen molar-refractivity contribution in [1.82, 2.24) is 15.0 Å². The molecule has 7 nitrogen and oxygen atoms in total. The number of sulfone groups is 1. The van der Waals surface area contributed by atoms with Crippen molar-refractivity contribution in [2.75, 3.05) is 11.5 Å². The molecule has 1 N–H and O–H groups in total. The van der Waals surface area contributed by atoms with Gasteiger partial charge in [0.25, 0.3) is 0 Å². The zero-order valence-corrected chi connectivity index (χ0v) is 11.3. The summed E-state index contributed by atoms with van der Waals surface area (Å²) in [6.45, 7) is 3.78. The van der Waals surface area contributed by atoms with Crippen LogP contribution in [0.3, 0.4) is 0 Å². The van der Waals surface area contributed by atoms with E-state index >= 15 is 0 Å². The summed E-state index contributed by atoms with van der Waals surface area (Å²) in [7, 11) is -3.00. The molecule has 0 radical (unpaired) electrons. The van der Waals surface area contributed by atoms with Crippen LogP contribution in [-0.2, 0) is 22.8 Å². The molecule has 1 aromatic rings. The number of nitrogens with zero attached hydrogens (tertiary/aromatic N) is 3. The Balaban J connectivity index is 2.71. The normalized spacial score (nSPS) is 11.7. The van der Waals surface area contributed by atoms with Crippen LogP contribution in [0.2, 0.25) is 0 Å². The summed E-state index contributed by atoms with van der Waals surface area (Å²) in [5.41, 5.74) is 0.465. The van der Waals surface area contributed by atoms with Gasteiger partial charge in [0.1, 0.15) is 9.84 Å². The van der Waals surface area contributed by atoms with Crippen LogP contribution in [0.4, 0.5) is 0 Å². The van der Waals surface area contributed by atoms with Gasteiger partial charge in [0, 0.05) is 12.3 Å². The lowest BCUT2D eigenvalue weighted by Crippen LogP contribution is -2.13. The van der Waals surface area contributed by atoms with Crippen molar-refractivity contribution in [1.29, 1.82) is 0 Å². The van der Waals surface area contributed by atoms with E-state index in [0.717, 1.165) is 0 Å². The van der Waals surface area contributed by atoms with Crippen LogP contribution in [-0.4, -0.2) is 46.0 Å². The number of hydrogen-bond donors (Lipinski definition) is 1. The lowest BCUT2D eigenvalue weighted by Gasteiger charge is -2.05.